The maximum Gasteiger partial charge on any atom is 0.173 e. The lowest BCUT2D eigenvalue weighted by Crippen LogP contribution is -2.21. The summed E-state index contributed by atoms with van der Waals surface area (Å²) < 4.78 is 29.2. The Kier molecular flexibility index (Phi) is 4.00. The van der Waals surface area contributed by atoms with Gasteiger partial charge >= 0.3 is 0 Å². The molecular formula is C11H13BrN2O4S. The highest BCUT2D eigenvalue weighted by Crippen LogP contribution is 2.26. The van der Waals surface area contributed by atoms with Gasteiger partial charge in [0, 0.05) is 4.47 Å². The molecule has 1 saturated heterocycles. The van der Waals surface area contributed by atoms with Gasteiger partial charge in [-0.15, -0.1) is 0 Å². The molecule has 1 unspecified atom stereocenters. The van der Waals surface area contributed by atoms with Crippen LogP contribution in [0.3, 0.4) is 0 Å². The molecule has 0 spiro atoms. The van der Waals surface area contributed by atoms with Crippen molar-refractivity contribution in [2.24, 2.45) is 10.9 Å². The molecule has 3 N–H and O–H groups in total. The van der Waals surface area contributed by atoms with Crippen molar-refractivity contribution in [3.05, 3.63) is 28.2 Å². The Morgan fingerprint density at radius 1 is 1.53 bits per heavy atom. The van der Waals surface area contributed by atoms with E-state index in [0.717, 1.165) is 4.47 Å². The van der Waals surface area contributed by atoms with Crippen molar-refractivity contribution in [3.8, 4) is 5.75 Å². The van der Waals surface area contributed by atoms with E-state index < -0.39 is 15.9 Å². The quantitative estimate of drug-likeness (QED) is 0.368. The standard InChI is InChI=1S/C11H13BrN2O4S/c12-7-1-2-10(9(5-7)11(13)14-15)18-8-3-4-19(16,17)6-8/h1-2,5,8,15H,3-4,6H2,(H2,13,14). The lowest BCUT2D eigenvalue weighted by Gasteiger charge is -2.15. The Balaban J connectivity index is 2.26. The van der Waals surface area contributed by atoms with Gasteiger partial charge in [0.25, 0.3) is 0 Å². The number of oxime groups is 1. The van der Waals surface area contributed by atoms with E-state index >= 15 is 0 Å². The van der Waals surface area contributed by atoms with Crippen LogP contribution in [-0.4, -0.2) is 37.1 Å². The van der Waals surface area contributed by atoms with Crippen LogP contribution in [0.5, 0.6) is 5.75 Å². The molecule has 1 aliphatic rings. The maximum atomic E-state index is 11.4. The summed E-state index contributed by atoms with van der Waals surface area (Å²) in [5.41, 5.74) is 5.99. The normalized spacial score (nSPS) is 22.4. The van der Waals surface area contributed by atoms with Crippen molar-refractivity contribution in [2.75, 3.05) is 11.5 Å². The van der Waals surface area contributed by atoms with Crippen LogP contribution in [0, 0.1) is 0 Å². The third kappa shape index (κ3) is 3.38. The molecule has 0 radical (unpaired) electrons. The van der Waals surface area contributed by atoms with E-state index in [2.05, 4.69) is 21.1 Å². The number of nitrogens with two attached hydrogens (primary N) is 1. The Morgan fingerprint density at radius 3 is 2.84 bits per heavy atom. The summed E-state index contributed by atoms with van der Waals surface area (Å²) in [7, 11) is -3.01. The molecule has 0 bridgehead atoms. The van der Waals surface area contributed by atoms with Gasteiger partial charge in [-0.3, -0.25) is 0 Å². The zero-order valence-corrected chi connectivity index (χ0v) is 12.3. The van der Waals surface area contributed by atoms with E-state index in [1.807, 2.05) is 0 Å². The minimum Gasteiger partial charge on any atom is -0.489 e. The van der Waals surface area contributed by atoms with Crippen LogP contribution < -0.4 is 10.5 Å². The van der Waals surface area contributed by atoms with Crippen molar-refractivity contribution in [2.45, 2.75) is 12.5 Å². The molecule has 1 aromatic carbocycles. The molecule has 8 heteroatoms. The second kappa shape index (κ2) is 5.38. The Hall–Kier alpha value is -1.28. The van der Waals surface area contributed by atoms with E-state index in [0.29, 0.717) is 17.7 Å². The van der Waals surface area contributed by atoms with E-state index in [-0.39, 0.29) is 17.3 Å². The van der Waals surface area contributed by atoms with Gasteiger partial charge in [0.05, 0.1) is 17.1 Å². The van der Waals surface area contributed by atoms with Crippen LogP contribution >= 0.6 is 15.9 Å². The first kappa shape index (κ1) is 14.1. The molecule has 19 heavy (non-hydrogen) atoms. The smallest absolute Gasteiger partial charge is 0.173 e. The van der Waals surface area contributed by atoms with Crippen molar-refractivity contribution in [3.63, 3.8) is 0 Å². The molecule has 1 fully saturated rings. The van der Waals surface area contributed by atoms with Gasteiger partial charge in [-0.2, -0.15) is 0 Å². The fourth-order valence-electron chi connectivity index (χ4n) is 1.89. The number of hydrogen-bond donors (Lipinski definition) is 2. The van der Waals surface area contributed by atoms with Crippen LogP contribution in [0.15, 0.2) is 27.8 Å². The Labute approximate surface area is 119 Å². The predicted octanol–water partition coefficient (Wildman–Crippen LogP) is 1.11. The van der Waals surface area contributed by atoms with E-state index in [9.17, 15) is 8.42 Å². The van der Waals surface area contributed by atoms with Gasteiger partial charge in [0.2, 0.25) is 0 Å². The maximum absolute atomic E-state index is 11.4. The number of benzene rings is 1. The van der Waals surface area contributed by atoms with Gasteiger partial charge in [-0.25, -0.2) is 8.42 Å². The summed E-state index contributed by atoms with van der Waals surface area (Å²) in [5, 5.41) is 11.7. The van der Waals surface area contributed by atoms with Crippen LogP contribution in [0.2, 0.25) is 0 Å². The zero-order chi connectivity index (χ0) is 14.0. The highest BCUT2D eigenvalue weighted by atomic mass is 79.9. The van der Waals surface area contributed by atoms with Crippen molar-refractivity contribution >= 4 is 31.6 Å². The Bertz CT molecular complexity index is 615. The van der Waals surface area contributed by atoms with Crippen molar-refractivity contribution in [1.82, 2.24) is 0 Å². The number of sulfone groups is 1. The number of halogens is 1. The summed E-state index contributed by atoms with van der Waals surface area (Å²) in [6.45, 7) is 0. The highest BCUT2D eigenvalue weighted by Gasteiger charge is 2.30. The molecule has 104 valence electrons. The number of rotatable bonds is 3. The van der Waals surface area contributed by atoms with Gasteiger partial charge in [0.15, 0.2) is 15.7 Å². The highest BCUT2D eigenvalue weighted by molar-refractivity contribution is 9.10. The number of nitrogens with zero attached hydrogens (tertiary/aromatic N) is 1. The largest absolute Gasteiger partial charge is 0.489 e. The van der Waals surface area contributed by atoms with Crippen LogP contribution in [0.1, 0.15) is 12.0 Å². The van der Waals surface area contributed by atoms with Crippen molar-refractivity contribution in [1.29, 1.82) is 0 Å². The molecule has 0 aliphatic carbocycles. The molecule has 1 atom stereocenters. The molecule has 2 rings (SSSR count). The lowest BCUT2D eigenvalue weighted by molar-refractivity contribution is 0.228. The molecule has 6 nitrogen and oxygen atoms in total. The SMILES string of the molecule is N/C(=N/O)c1cc(Br)ccc1OC1CCS(=O)(=O)C1. The van der Waals surface area contributed by atoms with E-state index in [1.165, 1.54) is 0 Å². The second-order valence-electron chi connectivity index (χ2n) is 4.27. The topological polar surface area (TPSA) is 102 Å². The fraction of sp³-hybridized carbons (Fsp3) is 0.364. The molecule has 0 amide bonds. The molecule has 1 aliphatic heterocycles. The third-order valence-corrected chi connectivity index (χ3v) is 5.04. The molecule has 0 saturated carbocycles. The minimum atomic E-state index is -3.01. The summed E-state index contributed by atoms with van der Waals surface area (Å²) in [4.78, 5) is 0. The number of hydrogen-bond acceptors (Lipinski definition) is 5. The van der Waals surface area contributed by atoms with Gasteiger partial charge in [0.1, 0.15) is 11.9 Å². The van der Waals surface area contributed by atoms with Gasteiger partial charge in [-0.1, -0.05) is 21.1 Å². The molecule has 1 aromatic rings. The first-order valence-electron chi connectivity index (χ1n) is 5.56. The average molecular weight is 349 g/mol. The summed E-state index contributed by atoms with van der Waals surface area (Å²) in [5.74, 6) is 0.448. The third-order valence-electron chi connectivity index (χ3n) is 2.81. The first-order valence-corrected chi connectivity index (χ1v) is 8.17. The van der Waals surface area contributed by atoms with Crippen LogP contribution in [-0.2, 0) is 9.84 Å². The first-order chi connectivity index (χ1) is 8.91. The Morgan fingerprint density at radius 2 is 2.26 bits per heavy atom. The predicted molar refractivity (Wildman–Crippen MR) is 74.3 cm³/mol. The van der Waals surface area contributed by atoms with Gasteiger partial charge in [-0.05, 0) is 24.6 Å². The van der Waals surface area contributed by atoms with Crippen LogP contribution in [0.4, 0.5) is 0 Å². The van der Waals surface area contributed by atoms with E-state index in [1.54, 1.807) is 18.2 Å². The van der Waals surface area contributed by atoms with Crippen molar-refractivity contribution < 1.29 is 18.4 Å². The summed E-state index contributed by atoms with van der Waals surface area (Å²) in [6.07, 6.45) is 0.0602. The number of amidine groups is 1. The van der Waals surface area contributed by atoms with Crippen LogP contribution in [0.25, 0.3) is 0 Å². The van der Waals surface area contributed by atoms with E-state index in [4.69, 9.17) is 15.7 Å². The lowest BCUT2D eigenvalue weighted by atomic mass is 10.2. The van der Waals surface area contributed by atoms with Gasteiger partial charge < -0.3 is 15.7 Å². The zero-order valence-electron chi connectivity index (χ0n) is 9.91. The average Bonchev–Trinajstić information content (AvgIpc) is 2.70. The monoisotopic (exact) mass is 348 g/mol. The molecule has 0 aromatic heterocycles. The molecular weight excluding hydrogens is 336 g/mol. The minimum absolute atomic E-state index is 0.00131. The second-order valence-corrected chi connectivity index (χ2v) is 7.41. The molecule has 1 heterocycles. The summed E-state index contributed by atoms with van der Waals surface area (Å²) in [6, 6.07) is 5.04. The fourth-order valence-corrected chi connectivity index (χ4v) is 3.84. The summed E-state index contributed by atoms with van der Waals surface area (Å²) >= 11 is 3.28. The number of ether oxygens (including phenoxy) is 1.